The second kappa shape index (κ2) is 13.0. The average Bonchev–Trinajstić information content (AvgIpc) is 2.39. The summed E-state index contributed by atoms with van der Waals surface area (Å²) in [5.74, 6) is -1.60. The lowest BCUT2D eigenvalue weighted by molar-refractivity contribution is -0.137. The van der Waals surface area contributed by atoms with Crippen molar-refractivity contribution in [2.45, 2.75) is 77.0 Å². The molecule has 0 spiro atoms. The molecule has 5 nitrogen and oxygen atoms in total. The van der Waals surface area contributed by atoms with E-state index < -0.39 is 11.9 Å². The van der Waals surface area contributed by atoms with Crippen LogP contribution in [0.3, 0.4) is 0 Å². The Labute approximate surface area is 132 Å². The van der Waals surface area contributed by atoms with E-state index >= 15 is 0 Å². The first-order valence-electron chi connectivity index (χ1n) is 8.03. The Morgan fingerprint density at radius 1 is 0.636 bits per heavy atom. The Kier molecular flexibility index (Phi) is 12.1. The summed E-state index contributed by atoms with van der Waals surface area (Å²) in [6, 6.07) is 0. The monoisotopic (exact) mass is 312 g/mol. The number of unbranched alkanes of at least 4 members (excludes halogenated alkanes) is 7. The van der Waals surface area contributed by atoms with E-state index in [1.807, 2.05) is 0 Å². The van der Waals surface area contributed by atoms with E-state index in [0.717, 1.165) is 51.4 Å². The molecule has 0 rings (SSSR count). The minimum Gasteiger partial charge on any atom is -0.481 e. The van der Waals surface area contributed by atoms with Crippen molar-refractivity contribution >= 4 is 17.7 Å². The van der Waals surface area contributed by atoms with Gasteiger partial charge in [0.15, 0.2) is 0 Å². The summed E-state index contributed by atoms with van der Waals surface area (Å²) in [7, 11) is 0. The van der Waals surface area contributed by atoms with Crippen LogP contribution in [0.25, 0.3) is 0 Å². The van der Waals surface area contributed by atoms with Crippen LogP contribution in [-0.4, -0.2) is 27.9 Å². The fourth-order valence-corrected chi connectivity index (χ4v) is 2.30. The van der Waals surface area contributed by atoms with Crippen LogP contribution in [0.2, 0.25) is 0 Å². The van der Waals surface area contributed by atoms with Crippen LogP contribution in [0.15, 0.2) is 12.2 Å². The molecule has 5 heteroatoms. The Bertz CT molecular complexity index is 373. The molecule has 0 aliphatic carbocycles. The van der Waals surface area contributed by atoms with Gasteiger partial charge < -0.3 is 10.2 Å². The van der Waals surface area contributed by atoms with Gasteiger partial charge in [0.1, 0.15) is 5.78 Å². The average molecular weight is 312 g/mol. The number of carbonyl (C=O) groups excluding carboxylic acids is 1. The summed E-state index contributed by atoms with van der Waals surface area (Å²) >= 11 is 0. The number of carboxylic acids is 2. The van der Waals surface area contributed by atoms with Gasteiger partial charge in [0.2, 0.25) is 0 Å². The van der Waals surface area contributed by atoms with Crippen LogP contribution < -0.4 is 0 Å². The maximum atomic E-state index is 11.6. The number of aliphatic carboxylic acids is 2. The molecule has 126 valence electrons. The first-order chi connectivity index (χ1) is 10.4. The van der Waals surface area contributed by atoms with Crippen molar-refractivity contribution < 1.29 is 24.6 Å². The highest BCUT2D eigenvalue weighted by Crippen LogP contribution is 2.13. The highest BCUT2D eigenvalue weighted by molar-refractivity contribution is 5.82. The summed E-state index contributed by atoms with van der Waals surface area (Å²) in [4.78, 5) is 32.4. The number of hydrogen-bond donors (Lipinski definition) is 2. The summed E-state index contributed by atoms with van der Waals surface area (Å²) in [5.41, 5.74) is 0.471. The fraction of sp³-hybridized carbons (Fsp3) is 0.706. The molecule has 2 N–H and O–H groups in total. The van der Waals surface area contributed by atoms with Crippen molar-refractivity contribution in [3.8, 4) is 0 Å². The third-order valence-corrected chi connectivity index (χ3v) is 3.44. The summed E-state index contributed by atoms with van der Waals surface area (Å²) < 4.78 is 0. The van der Waals surface area contributed by atoms with Gasteiger partial charge in [0.05, 0.1) is 6.42 Å². The van der Waals surface area contributed by atoms with Gasteiger partial charge in [0.25, 0.3) is 0 Å². The summed E-state index contributed by atoms with van der Waals surface area (Å²) in [5, 5.41) is 17.1. The van der Waals surface area contributed by atoms with Gasteiger partial charge in [-0.3, -0.25) is 14.4 Å². The maximum Gasteiger partial charge on any atom is 0.307 e. The number of carboxylic acid groups (broad SMARTS) is 2. The zero-order valence-corrected chi connectivity index (χ0v) is 13.3. The second-order valence-electron chi connectivity index (χ2n) is 5.76. The molecule has 22 heavy (non-hydrogen) atoms. The molecule has 0 saturated carbocycles. The Morgan fingerprint density at radius 3 is 1.55 bits per heavy atom. The molecule has 0 aromatic carbocycles. The minimum absolute atomic E-state index is 0.0694. The molecule has 0 atom stereocenters. The molecule has 0 fully saturated rings. The highest BCUT2D eigenvalue weighted by Gasteiger charge is 2.07. The first-order valence-corrected chi connectivity index (χ1v) is 8.03. The van der Waals surface area contributed by atoms with Gasteiger partial charge in [-0.05, 0) is 12.8 Å². The molecule has 0 aliphatic rings. The topological polar surface area (TPSA) is 91.7 Å². The SMILES string of the molecule is C=C(CC(=O)O)CC(=O)CCCCCCCCCCC(=O)O. The van der Waals surface area contributed by atoms with Gasteiger partial charge in [-0.15, -0.1) is 0 Å². The van der Waals surface area contributed by atoms with Crippen molar-refractivity contribution in [3.05, 3.63) is 12.2 Å². The van der Waals surface area contributed by atoms with Crippen LogP contribution in [0.1, 0.15) is 77.0 Å². The number of carbonyl (C=O) groups is 3. The van der Waals surface area contributed by atoms with Gasteiger partial charge in [-0.25, -0.2) is 0 Å². The van der Waals surface area contributed by atoms with E-state index in [1.54, 1.807) is 0 Å². The molecule has 0 heterocycles. The van der Waals surface area contributed by atoms with Crippen molar-refractivity contribution in [3.63, 3.8) is 0 Å². The number of ketones is 1. The normalized spacial score (nSPS) is 10.4. The zero-order valence-electron chi connectivity index (χ0n) is 13.3. The summed E-state index contributed by atoms with van der Waals surface area (Å²) in [6.45, 7) is 3.60. The first kappa shape index (κ1) is 20.3. The third kappa shape index (κ3) is 14.8. The van der Waals surface area contributed by atoms with Crippen molar-refractivity contribution in [1.82, 2.24) is 0 Å². The molecule has 0 aromatic rings. The van der Waals surface area contributed by atoms with Crippen LogP contribution in [-0.2, 0) is 14.4 Å². The standard InChI is InChI=1S/C17H28O5/c1-14(13-17(21)22)12-15(18)10-8-6-4-2-3-5-7-9-11-16(19)20/h1-13H2,(H,19,20)(H,21,22). The van der Waals surface area contributed by atoms with E-state index in [-0.39, 0.29) is 25.0 Å². The largest absolute Gasteiger partial charge is 0.481 e. The Morgan fingerprint density at radius 2 is 1.09 bits per heavy atom. The number of rotatable bonds is 15. The van der Waals surface area contributed by atoms with Gasteiger partial charge in [-0.2, -0.15) is 0 Å². The predicted molar refractivity (Wildman–Crippen MR) is 84.8 cm³/mol. The molecule has 0 radical (unpaired) electrons. The summed E-state index contributed by atoms with van der Waals surface area (Å²) in [6.07, 6.45) is 8.76. The number of Topliss-reactive ketones (excluding diaryl/α,β-unsaturated/α-hetero) is 1. The van der Waals surface area contributed by atoms with Gasteiger partial charge in [-0.1, -0.05) is 50.7 Å². The zero-order chi connectivity index (χ0) is 16.8. The van der Waals surface area contributed by atoms with Gasteiger partial charge in [0, 0.05) is 19.3 Å². The molecular weight excluding hydrogens is 284 g/mol. The molecule has 0 aliphatic heterocycles. The highest BCUT2D eigenvalue weighted by atomic mass is 16.4. The van der Waals surface area contributed by atoms with E-state index in [1.165, 1.54) is 0 Å². The minimum atomic E-state index is -0.943. The van der Waals surface area contributed by atoms with Crippen molar-refractivity contribution in [1.29, 1.82) is 0 Å². The Hall–Kier alpha value is -1.65. The van der Waals surface area contributed by atoms with Gasteiger partial charge >= 0.3 is 11.9 Å². The number of hydrogen-bond acceptors (Lipinski definition) is 3. The molecular formula is C17H28O5. The third-order valence-electron chi connectivity index (χ3n) is 3.44. The molecule has 0 unspecified atom stereocenters. The van der Waals surface area contributed by atoms with E-state index in [9.17, 15) is 14.4 Å². The van der Waals surface area contributed by atoms with Crippen LogP contribution in [0, 0.1) is 0 Å². The van der Waals surface area contributed by atoms with Crippen LogP contribution >= 0.6 is 0 Å². The molecule has 0 bridgehead atoms. The van der Waals surface area contributed by atoms with E-state index in [4.69, 9.17) is 10.2 Å². The maximum absolute atomic E-state index is 11.6. The molecule has 0 saturated heterocycles. The van der Waals surface area contributed by atoms with E-state index in [2.05, 4.69) is 6.58 Å². The smallest absolute Gasteiger partial charge is 0.307 e. The quantitative estimate of drug-likeness (QED) is 0.353. The van der Waals surface area contributed by atoms with Crippen molar-refractivity contribution in [2.75, 3.05) is 0 Å². The van der Waals surface area contributed by atoms with Crippen molar-refractivity contribution in [2.24, 2.45) is 0 Å². The molecule has 0 aromatic heterocycles. The van der Waals surface area contributed by atoms with Crippen LogP contribution in [0.4, 0.5) is 0 Å². The Balaban J connectivity index is 3.35. The fourth-order valence-electron chi connectivity index (χ4n) is 2.30. The predicted octanol–water partition coefficient (Wildman–Crippen LogP) is 3.96. The lowest BCUT2D eigenvalue weighted by Gasteiger charge is -2.03. The second-order valence-corrected chi connectivity index (χ2v) is 5.76. The van der Waals surface area contributed by atoms with E-state index in [0.29, 0.717) is 12.0 Å². The molecule has 0 amide bonds. The van der Waals surface area contributed by atoms with Crippen LogP contribution in [0.5, 0.6) is 0 Å². The lowest BCUT2D eigenvalue weighted by atomic mass is 10.0. The lowest BCUT2D eigenvalue weighted by Crippen LogP contribution is -2.03.